The van der Waals surface area contributed by atoms with Crippen molar-refractivity contribution in [2.45, 2.75) is 39.2 Å². The number of nitrogens with one attached hydrogen (secondary N) is 2. The second-order valence-corrected chi connectivity index (χ2v) is 5.43. The number of nitrogens with zero attached hydrogens (tertiary/aromatic N) is 1. The molecule has 1 aromatic rings. The molecule has 2 rings (SSSR count). The molecule has 104 valence electrons. The van der Waals surface area contributed by atoms with Crippen LogP contribution in [0.2, 0.25) is 0 Å². The first-order valence-electron chi connectivity index (χ1n) is 7.28. The first-order chi connectivity index (χ1) is 9.28. The second-order valence-electron chi connectivity index (χ2n) is 5.43. The zero-order valence-corrected chi connectivity index (χ0v) is 12.1. The molecule has 0 aromatic heterocycles. The minimum Gasteiger partial charge on any atom is -0.356 e. The maximum Gasteiger partial charge on any atom is 0.191 e. The molecular formula is C16H25N3. The van der Waals surface area contributed by atoms with Crippen LogP contribution in [-0.4, -0.2) is 19.6 Å². The monoisotopic (exact) mass is 259 g/mol. The molecule has 0 radical (unpaired) electrons. The van der Waals surface area contributed by atoms with Gasteiger partial charge in [-0.1, -0.05) is 42.7 Å². The van der Waals surface area contributed by atoms with Gasteiger partial charge in [-0.05, 0) is 31.2 Å². The molecule has 2 N–H and O–H groups in total. The number of hydrogen-bond donors (Lipinski definition) is 2. The highest BCUT2D eigenvalue weighted by atomic mass is 15.2. The van der Waals surface area contributed by atoms with Crippen LogP contribution in [0.4, 0.5) is 0 Å². The SMILES string of the molecule is CN=C(NCCCC1CC1)NCc1cccc(C)c1. The van der Waals surface area contributed by atoms with Gasteiger partial charge >= 0.3 is 0 Å². The molecule has 0 amide bonds. The Kier molecular flexibility index (Phi) is 5.25. The van der Waals surface area contributed by atoms with Gasteiger partial charge in [0.1, 0.15) is 0 Å². The molecule has 1 saturated carbocycles. The summed E-state index contributed by atoms with van der Waals surface area (Å²) in [5.74, 6) is 1.92. The van der Waals surface area contributed by atoms with E-state index in [2.05, 4.69) is 46.8 Å². The fourth-order valence-corrected chi connectivity index (χ4v) is 2.23. The number of aryl methyl sites for hydroxylation is 1. The van der Waals surface area contributed by atoms with Gasteiger partial charge in [0.05, 0.1) is 0 Å². The largest absolute Gasteiger partial charge is 0.356 e. The van der Waals surface area contributed by atoms with Gasteiger partial charge in [0.2, 0.25) is 0 Å². The first kappa shape index (κ1) is 13.9. The summed E-state index contributed by atoms with van der Waals surface area (Å²) in [6, 6.07) is 8.56. The topological polar surface area (TPSA) is 36.4 Å². The highest BCUT2D eigenvalue weighted by molar-refractivity contribution is 5.79. The lowest BCUT2D eigenvalue weighted by molar-refractivity contribution is 0.644. The van der Waals surface area contributed by atoms with Gasteiger partial charge in [-0.2, -0.15) is 0 Å². The highest BCUT2D eigenvalue weighted by Crippen LogP contribution is 2.33. The summed E-state index contributed by atoms with van der Waals surface area (Å²) < 4.78 is 0. The van der Waals surface area contributed by atoms with Crippen molar-refractivity contribution in [3.05, 3.63) is 35.4 Å². The zero-order valence-electron chi connectivity index (χ0n) is 12.1. The Morgan fingerprint density at radius 1 is 1.32 bits per heavy atom. The number of rotatable bonds is 6. The standard InChI is InChI=1S/C16H25N3/c1-13-5-3-6-15(11-13)12-19-16(17-2)18-10-4-7-14-8-9-14/h3,5-6,11,14H,4,7-10,12H2,1-2H3,(H2,17,18,19). The van der Waals surface area contributed by atoms with E-state index < -0.39 is 0 Å². The first-order valence-corrected chi connectivity index (χ1v) is 7.28. The number of aliphatic imine (C=N–C) groups is 1. The normalized spacial score (nSPS) is 15.4. The van der Waals surface area contributed by atoms with E-state index in [1.807, 2.05) is 7.05 Å². The van der Waals surface area contributed by atoms with E-state index >= 15 is 0 Å². The van der Waals surface area contributed by atoms with Gasteiger partial charge in [0, 0.05) is 20.1 Å². The molecule has 19 heavy (non-hydrogen) atoms. The summed E-state index contributed by atoms with van der Waals surface area (Å²) in [6.07, 6.45) is 5.50. The van der Waals surface area contributed by atoms with Crippen molar-refractivity contribution >= 4 is 5.96 Å². The predicted molar refractivity (Wildman–Crippen MR) is 81.3 cm³/mol. The van der Waals surface area contributed by atoms with Crippen molar-refractivity contribution in [2.24, 2.45) is 10.9 Å². The lowest BCUT2D eigenvalue weighted by Gasteiger charge is -2.12. The maximum absolute atomic E-state index is 4.25. The molecule has 0 spiro atoms. The van der Waals surface area contributed by atoms with Crippen molar-refractivity contribution in [3.63, 3.8) is 0 Å². The molecule has 0 bridgehead atoms. The van der Waals surface area contributed by atoms with Crippen LogP contribution in [0.25, 0.3) is 0 Å². The van der Waals surface area contributed by atoms with E-state index in [1.54, 1.807) is 0 Å². The summed E-state index contributed by atoms with van der Waals surface area (Å²) in [5, 5.41) is 6.73. The smallest absolute Gasteiger partial charge is 0.191 e. The number of hydrogen-bond acceptors (Lipinski definition) is 1. The predicted octanol–water partition coefficient (Wildman–Crippen LogP) is 2.85. The van der Waals surface area contributed by atoms with Gasteiger partial charge in [-0.3, -0.25) is 4.99 Å². The van der Waals surface area contributed by atoms with Gasteiger partial charge < -0.3 is 10.6 Å². The van der Waals surface area contributed by atoms with Crippen LogP contribution in [0, 0.1) is 12.8 Å². The Morgan fingerprint density at radius 2 is 2.16 bits per heavy atom. The van der Waals surface area contributed by atoms with E-state index in [9.17, 15) is 0 Å². The summed E-state index contributed by atoms with van der Waals surface area (Å²) in [4.78, 5) is 4.25. The minimum absolute atomic E-state index is 0.823. The summed E-state index contributed by atoms with van der Waals surface area (Å²) in [5.41, 5.74) is 2.59. The molecule has 3 heteroatoms. The van der Waals surface area contributed by atoms with Crippen LogP contribution in [0.1, 0.15) is 36.8 Å². The molecule has 3 nitrogen and oxygen atoms in total. The van der Waals surface area contributed by atoms with E-state index in [0.717, 1.165) is 25.0 Å². The summed E-state index contributed by atoms with van der Waals surface area (Å²) >= 11 is 0. The van der Waals surface area contributed by atoms with E-state index in [-0.39, 0.29) is 0 Å². The van der Waals surface area contributed by atoms with Gasteiger partial charge in [0.15, 0.2) is 5.96 Å². The third kappa shape index (κ3) is 5.33. The van der Waals surface area contributed by atoms with Crippen molar-refractivity contribution in [1.29, 1.82) is 0 Å². The Hall–Kier alpha value is -1.51. The lowest BCUT2D eigenvalue weighted by atomic mass is 10.1. The van der Waals surface area contributed by atoms with Crippen LogP contribution >= 0.6 is 0 Å². The molecule has 1 fully saturated rings. The Balaban J connectivity index is 1.66. The van der Waals surface area contributed by atoms with Gasteiger partial charge in [-0.15, -0.1) is 0 Å². The molecular weight excluding hydrogens is 234 g/mol. The van der Waals surface area contributed by atoms with Gasteiger partial charge in [-0.25, -0.2) is 0 Å². The number of benzene rings is 1. The van der Waals surface area contributed by atoms with Crippen molar-refractivity contribution in [2.75, 3.05) is 13.6 Å². The fraction of sp³-hybridized carbons (Fsp3) is 0.562. The van der Waals surface area contributed by atoms with Crippen molar-refractivity contribution < 1.29 is 0 Å². The third-order valence-corrected chi connectivity index (χ3v) is 3.54. The quantitative estimate of drug-likeness (QED) is 0.468. The molecule has 1 aliphatic carbocycles. The maximum atomic E-state index is 4.25. The Labute approximate surface area is 116 Å². The number of guanidine groups is 1. The molecule has 1 aliphatic rings. The van der Waals surface area contributed by atoms with E-state index in [4.69, 9.17) is 0 Å². The third-order valence-electron chi connectivity index (χ3n) is 3.54. The van der Waals surface area contributed by atoms with Crippen molar-refractivity contribution in [1.82, 2.24) is 10.6 Å². The van der Waals surface area contributed by atoms with Crippen LogP contribution in [0.15, 0.2) is 29.3 Å². The Bertz CT molecular complexity index is 422. The lowest BCUT2D eigenvalue weighted by Crippen LogP contribution is -2.37. The van der Waals surface area contributed by atoms with Crippen LogP contribution in [-0.2, 0) is 6.54 Å². The average molecular weight is 259 g/mol. The molecule has 0 saturated heterocycles. The fourth-order valence-electron chi connectivity index (χ4n) is 2.23. The second kappa shape index (κ2) is 7.17. The van der Waals surface area contributed by atoms with E-state index in [1.165, 1.54) is 36.8 Å². The molecule has 0 unspecified atom stereocenters. The van der Waals surface area contributed by atoms with Crippen LogP contribution in [0.3, 0.4) is 0 Å². The van der Waals surface area contributed by atoms with Crippen LogP contribution in [0.5, 0.6) is 0 Å². The zero-order chi connectivity index (χ0) is 13.5. The molecule has 0 atom stereocenters. The average Bonchev–Trinajstić information content (AvgIpc) is 3.22. The van der Waals surface area contributed by atoms with Crippen LogP contribution < -0.4 is 10.6 Å². The minimum atomic E-state index is 0.823. The molecule has 0 aliphatic heterocycles. The van der Waals surface area contributed by atoms with Gasteiger partial charge in [0.25, 0.3) is 0 Å². The molecule has 0 heterocycles. The van der Waals surface area contributed by atoms with E-state index in [0.29, 0.717) is 0 Å². The van der Waals surface area contributed by atoms with Crippen molar-refractivity contribution in [3.8, 4) is 0 Å². The summed E-state index contributed by atoms with van der Waals surface area (Å²) in [7, 11) is 1.83. The highest BCUT2D eigenvalue weighted by Gasteiger charge is 2.19. The summed E-state index contributed by atoms with van der Waals surface area (Å²) in [6.45, 7) is 3.96. The Morgan fingerprint density at radius 3 is 2.84 bits per heavy atom. The molecule has 1 aromatic carbocycles.